The Morgan fingerprint density at radius 1 is 0.767 bits per heavy atom. The van der Waals surface area contributed by atoms with E-state index in [9.17, 15) is 9.59 Å². The number of anilines is 2. The van der Waals surface area contributed by atoms with Crippen LogP contribution in [0, 0.1) is 0 Å². The van der Waals surface area contributed by atoms with Crippen LogP contribution in [0.1, 0.15) is 17.3 Å². The van der Waals surface area contributed by atoms with Crippen molar-refractivity contribution < 1.29 is 19.1 Å². The molecule has 3 aromatic rings. The van der Waals surface area contributed by atoms with Gasteiger partial charge in [0.15, 0.2) is 6.61 Å². The third-order valence-corrected chi connectivity index (χ3v) is 4.29. The highest BCUT2D eigenvalue weighted by atomic mass is 35.5. The van der Waals surface area contributed by atoms with Crippen molar-refractivity contribution >= 4 is 34.8 Å². The van der Waals surface area contributed by atoms with Crippen molar-refractivity contribution in [1.29, 1.82) is 0 Å². The molecule has 0 aliphatic carbocycles. The molecule has 30 heavy (non-hydrogen) atoms. The molecule has 0 bridgehead atoms. The van der Waals surface area contributed by atoms with Crippen molar-refractivity contribution in [3.63, 3.8) is 0 Å². The molecule has 0 heterocycles. The van der Waals surface area contributed by atoms with Gasteiger partial charge in [-0.1, -0.05) is 11.6 Å². The van der Waals surface area contributed by atoms with Gasteiger partial charge in [-0.3, -0.25) is 9.59 Å². The van der Waals surface area contributed by atoms with Crippen molar-refractivity contribution in [3.05, 3.63) is 83.4 Å². The van der Waals surface area contributed by atoms with Crippen LogP contribution in [0.4, 0.5) is 11.4 Å². The van der Waals surface area contributed by atoms with E-state index >= 15 is 0 Å². The van der Waals surface area contributed by atoms with Gasteiger partial charge in [-0.05, 0) is 79.7 Å². The molecule has 0 radical (unpaired) electrons. The zero-order chi connectivity index (χ0) is 21.3. The number of carbonyl (C=O) groups is 2. The standard InChI is InChI=1S/C23H21ClN2O4/c1-2-29-20-13-9-19(10-14-20)26-23(28)16-3-7-18(8-4-16)25-22(27)15-30-21-11-5-17(24)6-12-21/h3-14H,2,15H2,1H3,(H,25,27)(H,26,28). The first-order valence-corrected chi connectivity index (χ1v) is 9.74. The number of nitrogens with one attached hydrogen (secondary N) is 2. The lowest BCUT2D eigenvalue weighted by molar-refractivity contribution is -0.118. The molecule has 6 nitrogen and oxygen atoms in total. The summed E-state index contributed by atoms with van der Waals surface area (Å²) in [6.45, 7) is 2.36. The number of rotatable bonds is 8. The largest absolute Gasteiger partial charge is 0.494 e. The van der Waals surface area contributed by atoms with Crippen LogP contribution in [-0.4, -0.2) is 25.0 Å². The molecule has 0 aliphatic rings. The highest BCUT2D eigenvalue weighted by Gasteiger charge is 2.08. The monoisotopic (exact) mass is 424 g/mol. The van der Waals surface area contributed by atoms with Crippen LogP contribution in [0.25, 0.3) is 0 Å². The summed E-state index contributed by atoms with van der Waals surface area (Å²) in [4.78, 5) is 24.4. The Balaban J connectivity index is 1.50. The van der Waals surface area contributed by atoms with Gasteiger partial charge in [-0.25, -0.2) is 0 Å². The van der Waals surface area contributed by atoms with E-state index in [1.807, 2.05) is 6.92 Å². The molecule has 0 aliphatic heterocycles. The molecule has 2 amide bonds. The number of ether oxygens (including phenoxy) is 2. The molecular formula is C23H21ClN2O4. The van der Waals surface area contributed by atoms with Crippen LogP contribution < -0.4 is 20.1 Å². The topological polar surface area (TPSA) is 76.7 Å². The summed E-state index contributed by atoms with van der Waals surface area (Å²) in [5, 5.41) is 6.14. The predicted octanol–water partition coefficient (Wildman–Crippen LogP) is 5.01. The summed E-state index contributed by atoms with van der Waals surface area (Å²) in [6, 6.07) is 20.5. The van der Waals surface area contributed by atoms with E-state index in [0.29, 0.717) is 34.3 Å². The lowest BCUT2D eigenvalue weighted by atomic mass is 10.2. The Hall–Kier alpha value is -3.51. The SMILES string of the molecule is CCOc1ccc(NC(=O)c2ccc(NC(=O)COc3ccc(Cl)cc3)cc2)cc1. The normalized spacial score (nSPS) is 10.2. The highest BCUT2D eigenvalue weighted by Crippen LogP contribution is 2.18. The van der Waals surface area contributed by atoms with E-state index in [1.165, 1.54) is 0 Å². The first kappa shape index (κ1) is 21.2. The Bertz CT molecular complexity index is 987. The molecule has 0 saturated carbocycles. The zero-order valence-corrected chi connectivity index (χ0v) is 17.1. The van der Waals surface area contributed by atoms with E-state index in [0.717, 1.165) is 5.75 Å². The van der Waals surface area contributed by atoms with Crippen LogP contribution in [0.3, 0.4) is 0 Å². The lowest BCUT2D eigenvalue weighted by Gasteiger charge is -2.09. The molecule has 3 rings (SSSR count). The molecular weight excluding hydrogens is 404 g/mol. The fourth-order valence-corrected chi connectivity index (χ4v) is 2.71. The molecule has 0 atom stereocenters. The summed E-state index contributed by atoms with van der Waals surface area (Å²) in [5.74, 6) is 0.742. The second-order valence-corrected chi connectivity index (χ2v) is 6.72. The predicted molar refractivity (Wildman–Crippen MR) is 118 cm³/mol. The van der Waals surface area contributed by atoms with Crippen molar-refractivity contribution in [2.45, 2.75) is 6.92 Å². The Morgan fingerprint density at radius 3 is 1.93 bits per heavy atom. The quantitative estimate of drug-likeness (QED) is 0.533. The fraction of sp³-hybridized carbons (Fsp3) is 0.130. The lowest BCUT2D eigenvalue weighted by Crippen LogP contribution is -2.20. The average molecular weight is 425 g/mol. The third-order valence-electron chi connectivity index (χ3n) is 4.04. The number of benzene rings is 3. The summed E-state index contributed by atoms with van der Waals surface area (Å²) < 4.78 is 10.8. The van der Waals surface area contributed by atoms with E-state index in [1.54, 1.807) is 72.8 Å². The second kappa shape index (κ2) is 10.3. The van der Waals surface area contributed by atoms with Gasteiger partial charge < -0.3 is 20.1 Å². The molecule has 3 aromatic carbocycles. The maximum atomic E-state index is 12.4. The Morgan fingerprint density at radius 2 is 1.30 bits per heavy atom. The molecule has 2 N–H and O–H groups in total. The van der Waals surface area contributed by atoms with Crippen molar-refractivity contribution in [3.8, 4) is 11.5 Å². The molecule has 0 spiro atoms. The summed E-state index contributed by atoms with van der Waals surface area (Å²) in [5.41, 5.74) is 1.71. The first-order chi connectivity index (χ1) is 14.5. The van der Waals surface area contributed by atoms with Gasteiger partial charge in [-0.15, -0.1) is 0 Å². The summed E-state index contributed by atoms with van der Waals surface area (Å²) >= 11 is 5.81. The summed E-state index contributed by atoms with van der Waals surface area (Å²) in [7, 11) is 0. The van der Waals surface area contributed by atoms with Gasteiger partial charge in [0.1, 0.15) is 11.5 Å². The van der Waals surface area contributed by atoms with Crippen molar-refractivity contribution in [2.24, 2.45) is 0 Å². The van der Waals surface area contributed by atoms with Crippen molar-refractivity contribution in [2.75, 3.05) is 23.8 Å². The van der Waals surface area contributed by atoms with Gasteiger partial charge in [0.05, 0.1) is 6.61 Å². The first-order valence-electron chi connectivity index (χ1n) is 9.36. The van der Waals surface area contributed by atoms with Crippen LogP contribution in [0.2, 0.25) is 5.02 Å². The number of halogens is 1. The van der Waals surface area contributed by atoms with Gasteiger partial charge in [0.25, 0.3) is 11.8 Å². The molecule has 0 unspecified atom stereocenters. The minimum absolute atomic E-state index is 0.137. The minimum Gasteiger partial charge on any atom is -0.494 e. The van der Waals surface area contributed by atoms with E-state index < -0.39 is 0 Å². The maximum absolute atomic E-state index is 12.4. The molecule has 0 fully saturated rings. The number of carbonyl (C=O) groups excluding carboxylic acids is 2. The number of amides is 2. The smallest absolute Gasteiger partial charge is 0.262 e. The molecule has 154 valence electrons. The molecule has 0 saturated heterocycles. The zero-order valence-electron chi connectivity index (χ0n) is 16.4. The van der Waals surface area contributed by atoms with E-state index in [2.05, 4.69) is 10.6 Å². The van der Waals surface area contributed by atoms with Crippen LogP contribution in [0.15, 0.2) is 72.8 Å². The summed E-state index contributed by atoms with van der Waals surface area (Å²) in [6.07, 6.45) is 0. The van der Waals surface area contributed by atoms with Crippen LogP contribution >= 0.6 is 11.6 Å². The minimum atomic E-state index is -0.309. The van der Waals surface area contributed by atoms with Crippen LogP contribution in [0.5, 0.6) is 11.5 Å². The maximum Gasteiger partial charge on any atom is 0.262 e. The van der Waals surface area contributed by atoms with Gasteiger partial charge in [0, 0.05) is 22.0 Å². The molecule has 7 heteroatoms. The number of hydrogen-bond donors (Lipinski definition) is 2. The van der Waals surface area contributed by atoms with E-state index in [4.69, 9.17) is 21.1 Å². The fourth-order valence-electron chi connectivity index (χ4n) is 2.59. The second-order valence-electron chi connectivity index (χ2n) is 6.28. The number of hydrogen-bond acceptors (Lipinski definition) is 4. The van der Waals surface area contributed by atoms with Crippen molar-refractivity contribution in [1.82, 2.24) is 0 Å². The Kier molecular flexibility index (Phi) is 7.29. The van der Waals surface area contributed by atoms with Gasteiger partial charge in [-0.2, -0.15) is 0 Å². The van der Waals surface area contributed by atoms with Crippen LogP contribution in [-0.2, 0) is 4.79 Å². The third kappa shape index (κ3) is 6.25. The Labute approximate surface area is 179 Å². The highest BCUT2D eigenvalue weighted by molar-refractivity contribution is 6.30. The van der Waals surface area contributed by atoms with E-state index in [-0.39, 0.29) is 18.4 Å². The molecule has 0 aromatic heterocycles. The van der Waals surface area contributed by atoms with Gasteiger partial charge in [0.2, 0.25) is 0 Å². The van der Waals surface area contributed by atoms with Gasteiger partial charge >= 0.3 is 0 Å². The average Bonchev–Trinajstić information content (AvgIpc) is 2.75.